The second kappa shape index (κ2) is 7.70. The molecule has 1 N–H and O–H groups in total. The number of nitrogens with one attached hydrogen (secondary N) is 1. The van der Waals surface area contributed by atoms with Crippen molar-refractivity contribution < 1.29 is 14.3 Å². The Bertz CT molecular complexity index is 640. The first-order valence-electron chi connectivity index (χ1n) is 6.94. The summed E-state index contributed by atoms with van der Waals surface area (Å²) in [6.45, 7) is 2.01. The van der Waals surface area contributed by atoms with Crippen LogP contribution in [-0.2, 0) is 20.7 Å². The largest absolute Gasteiger partial charge is 0.469 e. The summed E-state index contributed by atoms with van der Waals surface area (Å²) in [6.07, 6.45) is 0.499. The van der Waals surface area contributed by atoms with Gasteiger partial charge in [-0.2, -0.15) is 0 Å². The Kier molecular flexibility index (Phi) is 5.66. The molecule has 116 valence electrons. The Morgan fingerprint density at radius 1 is 1.32 bits per heavy atom. The number of carbonyl (C=O) groups excluding carboxylic acids is 2. The van der Waals surface area contributed by atoms with Crippen LogP contribution >= 0.6 is 11.3 Å². The molecule has 0 aliphatic carbocycles. The Morgan fingerprint density at radius 3 is 2.73 bits per heavy atom. The van der Waals surface area contributed by atoms with Gasteiger partial charge in [0, 0.05) is 11.8 Å². The van der Waals surface area contributed by atoms with Gasteiger partial charge in [-0.25, -0.2) is 4.98 Å². The molecule has 0 saturated heterocycles. The first kappa shape index (κ1) is 16.2. The summed E-state index contributed by atoms with van der Waals surface area (Å²) in [4.78, 5) is 27.4. The van der Waals surface area contributed by atoms with Crippen molar-refractivity contribution in [1.82, 2.24) is 4.98 Å². The summed E-state index contributed by atoms with van der Waals surface area (Å²) in [5, 5.41) is 5.02. The van der Waals surface area contributed by atoms with Crippen LogP contribution in [0, 0.1) is 0 Å². The lowest BCUT2D eigenvalue weighted by Gasteiger charge is -2.10. The van der Waals surface area contributed by atoms with Crippen molar-refractivity contribution in [2.45, 2.75) is 25.7 Å². The maximum atomic E-state index is 12.0. The van der Waals surface area contributed by atoms with E-state index < -0.39 is 0 Å². The van der Waals surface area contributed by atoms with Gasteiger partial charge in [-0.1, -0.05) is 37.3 Å². The molecule has 1 aromatic heterocycles. The minimum Gasteiger partial charge on any atom is -0.469 e. The summed E-state index contributed by atoms with van der Waals surface area (Å²) in [5.41, 5.74) is 1.73. The molecule has 0 aliphatic heterocycles. The molecule has 0 spiro atoms. The zero-order chi connectivity index (χ0) is 15.9. The lowest BCUT2D eigenvalue weighted by molar-refractivity contribution is -0.139. The smallest absolute Gasteiger partial charge is 0.311 e. The predicted octanol–water partition coefficient (Wildman–Crippen LogP) is 2.99. The molecule has 1 amide bonds. The number of hydrogen-bond acceptors (Lipinski definition) is 5. The third-order valence-electron chi connectivity index (χ3n) is 3.21. The van der Waals surface area contributed by atoms with Gasteiger partial charge in [0.25, 0.3) is 0 Å². The fourth-order valence-electron chi connectivity index (χ4n) is 2.01. The number of ether oxygens (including phenoxy) is 1. The van der Waals surface area contributed by atoms with Crippen LogP contribution in [0.1, 0.15) is 30.5 Å². The third kappa shape index (κ3) is 4.66. The predicted molar refractivity (Wildman–Crippen MR) is 85.9 cm³/mol. The highest BCUT2D eigenvalue weighted by atomic mass is 32.1. The van der Waals surface area contributed by atoms with Crippen molar-refractivity contribution in [3.8, 4) is 0 Å². The molecule has 1 aromatic carbocycles. The zero-order valence-corrected chi connectivity index (χ0v) is 13.4. The van der Waals surface area contributed by atoms with Gasteiger partial charge in [0.2, 0.25) is 5.91 Å². The number of carbonyl (C=O) groups is 2. The van der Waals surface area contributed by atoms with Crippen LogP contribution < -0.4 is 5.32 Å². The van der Waals surface area contributed by atoms with Crippen molar-refractivity contribution in [3.05, 3.63) is 47.0 Å². The molecule has 0 bridgehead atoms. The Balaban J connectivity index is 1.88. The van der Waals surface area contributed by atoms with Gasteiger partial charge in [0.1, 0.15) is 0 Å². The van der Waals surface area contributed by atoms with Crippen molar-refractivity contribution in [2.75, 3.05) is 12.4 Å². The fraction of sp³-hybridized carbons (Fsp3) is 0.312. The molecule has 1 heterocycles. The number of esters is 1. The number of methoxy groups -OCH3 is 1. The highest BCUT2D eigenvalue weighted by Gasteiger charge is 2.13. The highest BCUT2D eigenvalue weighted by Crippen LogP contribution is 2.21. The molecular formula is C16H18N2O3S. The number of aromatic nitrogens is 1. The second-order valence-corrected chi connectivity index (χ2v) is 5.82. The van der Waals surface area contributed by atoms with Gasteiger partial charge in [-0.15, -0.1) is 11.3 Å². The molecule has 2 aromatic rings. The van der Waals surface area contributed by atoms with Gasteiger partial charge in [-0.05, 0) is 11.5 Å². The number of thiazole rings is 1. The first-order chi connectivity index (χ1) is 10.6. The van der Waals surface area contributed by atoms with Gasteiger partial charge in [0.05, 0.1) is 19.2 Å². The van der Waals surface area contributed by atoms with Crippen LogP contribution in [0.2, 0.25) is 0 Å². The molecule has 0 radical (unpaired) electrons. The van der Waals surface area contributed by atoms with Crippen LogP contribution in [0.4, 0.5) is 5.13 Å². The van der Waals surface area contributed by atoms with E-state index in [1.54, 1.807) is 5.38 Å². The van der Waals surface area contributed by atoms with Crippen LogP contribution in [0.15, 0.2) is 35.7 Å². The number of benzene rings is 1. The molecule has 0 fully saturated rings. The quantitative estimate of drug-likeness (QED) is 0.831. The third-order valence-corrected chi connectivity index (χ3v) is 4.02. The van der Waals surface area contributed by atoms with E-state index in [4.69, 9.17) is 0 Å². The number of hydrogen-bond donors (Lipinski definition) is 1. The minimum atomic E-state index is -0.346. The van der Waals surface area contributed by atoms with Crippen molar-refractivity contribution in [1.29, 1.82) is 0 Å². The summed E-state index contributed by atoms with van der Waals surface area (Å²) in [5.74, 6) is -0.299. The molecule has 0 unspecified atom stereocenters. The van der Waals surface area contributed by atoms with E-state index in [0.717, 1.165) is 5.56 Å². The average molecular weight is 318 g/mol. The fourth-order valence-corrected chi connectivity index (χ4v) is 2.74. The minimum absolute atomic E-state index is 0.0877. The van der Waals surface area contributed by atoms with E-state index in [2.05, 4.69) is 15.0 Å². The maximum Gasteiger partial charge on any atom is 0.311 e. The van der Waals surface area contributed by atoms with Gasteiger partial charge < -0.3 is 10.1 Å². The molecular weight excluding hydrogens is 300 g/mol. The van der Waals surface area contributed by atoms with Gasteiger partial charge in [-0.3, -0.25) is 9.59 Å². The summed E-state index contributed by atoms with van der Waals surface area (Å²) >= 11 is 1.30. The molecule has 1 atom stereocenters. The molecule has 5 nitrogen and oxygen atoms in total. The molecule has 22 heavy (non-hydrogen) atoms. The first-order valence-corrected chi connectivity index (χ1v) is 7.82. The van der Waals surface area contributed by atoms with E-state index in [0.29, 0.717) is 17.2 Å². The standard InChI is InChI=1S/C16H18N2O3S/c1-11(12-6-4-3-5-7-12)8-14(19)18-16-17-13(10-22-16)9-15(20)21-2/h3-7,10-11H,8-9H2,1-2H3,(H,17,18,19)/t11-/m1/s1. The monoisotopic (exact) mass is 318 g/mol. The van der Waals surface area contributed by atoms with E-state index >= 15 is 0 Å². The Labute approximate surface area is 133 Å². The second-order valence-electron chi connectivity index (χ2n) is 4.96. The summed E-state index contributed by atoms with van der Waals surface area (Å²) in [6, 6.07) is 9.90. The van der Waals surface area contributed by atoms with Gasteiger partial charge in [0.15, 0.2) is 5.13 Å². The summed E-state index contributed by atoms with van der Waals surface area (Å²) < 4.78 is 4.58. The highest BCUT2D eigenvalue weighted by molar-refractivity contribution is 7.13. The number of nitrogens with zero attached hydrogens (tertiary/aromatic N) is 1. The normalized spacial score (nSPS) is 11.7. The number of amides is 1. The average Bonchev–Trinajstić information content (AvgIpc) is 2.94. The lowest BCUT2D eigenvalue weighted by atomic mass is 9.98. The Morgan fingerprint density at radius 2 is 2.05 bits per heavy atom. The molecule has 0 saturated carbocycles. The van der Waals surface area contributed by atoms with Crippen molar-refractivity contribution >= 4 is 28.3 Å². The molecule has 6 heteroatoms. The van der Waals surface area contributed by atoms with Crippen molar-refractivity contribution in [3.63, 3.8) is 0 Å². The van der Waals surface area contributed by atoms with Crippen molar-refractivity contribution in [2.24, 2.45) is 0 Å². The Hall–Kier alpha value is -2.21. The van der Waals surface area contributed by atoms with Gasteiger partial charge >= 0.3 is 5.97 Å². The SMILES string of the molecule is COC(=O)Cc1csc(NC(=O)C[C@@H](C)c2ccccc2)n1. The zero-order valence-electron chi connectivity index (χ0n) is 12.5. The van der Waals surface area contributed by atoms with E-state index in [1.807, 2.05) is 37.3 Å². The van der Waals surface area contributed by atoms with Crippen LogP contribution in [0.3, 0.4) is 0 Å². The van der Waals surface area contributed by atoms with Crippen LogP contribution in [0.5, 0.6) is 0 Å². The summed E-state index contributed by atoms with van der Waals surface area (Å²) in [7, 11) is 1.34. The number of anilines is 1. The lowest BCUT2D eigenvalue weighted by Crippen LogP contribution is -2.14. The van der Waals surface area contributed by atoms with Crippen LogP contribution in [0.25, 0.3) is 0 Å². The van der Waals surface area contributed by atoms with E-state index in [9.17, 15) is 9.59 Å². The maximum absolute atomic E-state index is 12.0. The molecule has 0 aliphatic rings. The topological polar surface area (TPSA) is 68.3 Å². The van der Waals surface area contributed by atoms with E-state index in [1.165, 1.54) is 18.4 Å². The number of rotatable bonds is 6. The van der Waals surface area contributed by atoms with E-state index in [-0.39, 0.29) is 24.2 Å². The van der Waals surface area contributed by atoms with Crippen LogP contribution in [-0.4, -0.2) is 24.0 Å². The molecule has 2 rings (SSSR count).